The van der Waals surface area contributed by atoms with Gasteiger partial charge < -0.3 is 15.5 Å². The van der Waals surface area contributed by atoms with Crippen molar-refractivity contribution in [2.45, 2.75) is 19.8 Å². The van der Waals surface area contributed by atoms with Gasteiger partial charge >= 0.3 is 6.03 Å². The molecule has 1 atom stereocenters. The van der Waals surface area contributed by atoms with Crippen LogP contribution < -0.4 is 15.5 Å². The van der Waals surface area contributed by atoms with Gasteiger partial charge in [-0.25, -0.2) is 9.18 Å². The van der Waals surface area contributed by atoms with Crippen LogP contribution in [0.2, 0.25) is 0 Å². The lowest BCUT2D eigenvalue weighted by Gasteiger charge is -2.35. The average Bonchev–Trinajstić information content (AvgIpc) is 2.73. The molecule has 0 radical (unpaired) electrons. The first-order valence-corrected chi connectivity index (χ1v) is 9.99. The lowest BCUT2D eigenvalue weighted by atomic mass is 9.97. The Morgan fingerprint density at radius 2 is 2.03 bits per heavy atom. The average molecular weight is 392 g/mol. The molecular weight excluding hydrogens is 367 g/mol. The van der Waals surface area contributed by atoms with Crippen molar-refractivity contribution in [1.82, 2.24) is 10.3 Å². The molecule has 1 aromatic heterocycles. The zero-order valence-electron chi connectivity index (χ0n) is 16.5. The number of hydrogen-bond acceptors (Lipinski definition) is 3. The minimum atomic E-state index is -0.276. The molecule has 2 heterocycles. The van der Waals surface area contributed by atoms with Crippen molar-refractivity contribution in [3.8, 4) is 0 Å². The van der Waals surface area contributed by atoms with E-state index >= 15 is 0 Å². The molecule has 1 saturated heterocycles. The summed E-state index contributed by atoms with van der Waals surface area (Å²) in [6.07, 6.45) is 3.85. The molecule has 2 N–H and O–H groups in total. The van der Waals surface area contributed by atoms with Crippen LogP contribution in [0.5, 0.6) is 0 Å². The number of pyridine rings is 1. The molecule has 1 unspecified atom stereocenters. The highest BCUT2D eigenvalue weighted by Gasteiger charge is 2.22. The van der Waals surface area contributed by atoms with Crippen LogP contribution in [0.15, 0.2) is 54.7 Å². The van der Waals surface area contributed by atoms with Gasteiger partial charge in [0.15, 0.2) is 0 Å². The number of fused-ring (bicyclic) bond motifs is 1. The van der Waals surface area contributed by atoms with Crippen molar-refractivity contribution in [2.75, 3.05) is 29.9 Å². The van der Waals surface area contributed by atoms with Crippen LogP contribution in [0.4, 0.5) is 20.6 Å². The molecule has 0 bridgehead atoms. The van der Waals surface area contributed by atoms with Crippen molar-refractivity contribution >= 4 is 28.3 Å². The lowest BCUT2D eigenvalue weighted by molar-refractivity contribution is 0.249. The SMILES string of the molecule is Cc1ccc(NC(=O)NCC2CCCN(c3ccnc4cc(F)ccc34)C2)cc1. The van der Waals surface area contributed by atoms with E-state index in [1.165, 1.54) is 12.1 Å². The molecular formula is C23H25FN4O. The number of rotatable bonds is 4. The Morgan fingerprint density at radius 3 is 2.86 bits per heavy atom. The third kappa shape index (κ3) is 4.65. The van der Waals surface area contributed by atoms with E-state index in [4.69, 9.17) is 0 Å². The summed E-state index contributed by atoms with van der Waals surface area (Å²) in [6, 6.07) is 14.3. The van der Waals surface area contributed by atoms with Crippen molar-refractivity contribution in [3.63, 3.8) is 0 Å². The Hall–Kier alpha value is -3.15. The summed E-state index contributed by atoms with van der Waals surface area (Å²) in [4.78, 5) is 18.8. The highest BCUT2D eigenvalue weighted by molar-refractivity contribution is 5.91. The minimum Gasteiger partial charge on any atom is -0.371 e. The van der Waals surface area contributed by atoms with Gasteiger partial charge in [-0.05, 0) is 56.0 Å². The van der Waals surface area contributed by atoms with Crippen molar-refractivity contribution in [2.24, 2.45) is 5.92 Å². The summed E-state index contributed by atoms with van der Waals surface area (Å²) in [5.41, 5.74) is 3.68. The first-order chi connectivity index (χ1) is 14.1. The summed E-state index contributed by atoms with van der Waals surface area (Å²) in [5.74, 6) is 0.0821. The number of aryl methyl sites for hydroxylation is 1. The Morgan fingerprint density at radius 1 is 1.21 bits per heavy atom. The topological polar surface area (TPSA) is 57.3 Å². The van der Waals surface area contributed by atoms with Crippen molar-refractivity contribution in [1.29, 1.82) is 0 Å². The second kappa shape index (κ2) is 8.47. The second-order valence-corrected chi connectivity index (χ2v) is 7.65. The Balaban J connectivity index is 1.37. The minimum absolute atomic E-state index is 0.184. The number of nitrogens with zero attached hydrogens (tertiary/aromatic N) is 2. The van der Waals surface area contributed by atoms with E-state index in [-0.39, 0.29) is 11.8 Å². The number of carbonyl (C=O) groups excluding carboxylic acids is 1. The fourth-order valence-electron chi connectivity index (χ4n) is 3.88. The second-order valence-electron chi connectivity index (χ2n) is 7.65. The lowest BCUT2D eigenvalue weighted by Crippen LogP contribution is -2.42. The number of carbonyl (C=O) groups is 1. The van der Waals surface area contributed by atoms with Crippen LogP contribution >= 0.6 is 0 Å². The number of anilines is 2. The van der Waals surface area contributed by atoms with Gasteiger partial charge in [-0.3, -0.25) is 4.98 Å². The van der Waals surface area contributed by atoms with Gasteiger partial charge in [0.05, 0.1) is 5.52 Å². The molecule has 0 spiro atoms. The maximum absolute atomic E-state index is 13.5. The third-order valence-corrected chi connectivity index (χ3v) is 5.40. The molecule has 2 aromatic carbocycles. The van der Waals surface area contributed by atoms with Gasteiger partial charge in [-0.1, -0.05) is 17.7 Å². The molecule has 6 heteroatoms. The molecule has 1 aliphatic rings. The van der Waals surface area contributed by atoms with Gasteiger partial charge in [-0.15, -0.1) is 0 Å². The van der Waals surface area contributed by atoms with E-state index in [0.717, 1.165) is 48.3 Å². The summed E-state index contributed by atoms with van der Waals surface area (Å²) < 4.78 is 13.5. The first kappa shape index (κ1) is 19.2. The van der Waals surface area contributed by atoms with Gasteiger partial charge in [-0.2, -0.15) is 0 Å². The van der Waals surface area contributed by atoms with Crippen molar-refractivity contribution < 1.29 is 9.18 Å². The zero-order valence-corrected chi connectivity index (χ0v) is 16.5. The molecule has 1 aliphatic heterocycles. The molecule has 3 aromatic rings. The molecule has 29 heavy (non-hydrogen) atoms. The van der Waals surface area contributed by atoms with Gasteiger partial charge in [0, 0.05) is 48.7 Å². The van der Waals surface area contributed by atoms with E-state index in [2.05, 4.69) is 20.5 Å². The maximum Gasteiger partial charge on any atom is 0.319 e. The predicted octanol–water partition coefficient (Wildman–Crippen LogP) is 4.72. The number of nitrogens with one attached hydrogen (secondary N) is 2. The van der Waals surface area contributed by atoms with E-state index in [9.17, 15) is 9.18 Å². The van der Waals surface area contributed by atoms with Crippen LogP contribution in [-0.4, -0.2) is 30.6 Å². The number of benzene rings is 2. The van der Waals surface area contributed by atoms with Gasteiger partial charge in [0.25, 0.3) is 0 Å². The molecule has 1 fully saturated rings. The Kier molecular flexibility index (Phi) is 5.60. The molecule has 2 amide bonds. The summed E-state index contributed by atoms with van der Waals surface area (Å²) in [5, 5.41) is 6.83. The van der Waals surface area contributed by atoms with Crippen LogP contribution in [0.1, 0.15) is 18.4 Å². The molecule has 150 valence electrons. The van der Waals surface area contributed by atoms with E-state index in [1.807, 2.05) is 37.3 Å². The van der Waals surface area contributed by atoms with Crippen LogP contribution in [-0.2, 0) is 0 Å². The number of halogens is 1. The normalized spacial score (nSPS) is 16.6. The predicted molar refractivity (Wildman–Crippen MR) is 115 cm³/mol. The van der Waals surface area contributed by atoms with Gasteiger partial charge in [0.2, 0.25) is 0 Å². The first-order valence-electron chi connectivity index (χ1n) is 9.99. The standard InChI is InChI=1S/C23H25FN4O/c1-16-4-7-19(8-5-16)27-23(29)26-14-17-3-2-12-28(15-17)22-10-11-25-21-13-18(24)6-9-20(21)22/h4-11,13,17H,2-3,12,14-15H2,1H3,(H2,26,27,29). The largest absolute Gasteiger partial charge is 0.371 e. The molecule has 4 rings (SSSR count). The fourth-order valence-corrected chi connectivity index (χ4v) is 3.88. The highest BCUT2D eigenvalue weighted by Crippen LogP contribution is 2.29. The highest BCUT2D eigenvalue weighted by atomic mass is 19.1. The molecule has 0 saturated carbocycles. The zero-order chi connectivity index (χ0) is 20.2. The third-order valence-electron chi connectivity index (χ3n) is 5.40. The number of aromatic nitrogens is 1. The van der Waals surface area contributed by atoms with Crippen LogP contribution in [0, 0.1) is 18.7 Å². The Labute approximate surface area is 169 Å². The molecule has 5 nitrogen and oxygen atoms in total. The van der Waals surface area contributed by atoms with E-state index < -0.39 is 0 Å². The fraction of sp³-hybridized carbons (Fsp3) is 0.304. The quantitative estimate of drug-likeness (QED) is 0.675. The summed E-state index contributed by atoms with van der Waals surface area (Å²) in [6.45, 7) is 4.43. The van der Waals surface area contributed by atoms with E-state index in [1.54, 1.807) is 12.3 Å². The summed E-state index contributed by atoms with van der Waals surface area (Å²) >= 11 is 0. The number of urea groups is 1. The van der Waals surface area contributed by atoms with Crippen molar-refractivity contribution in [3.05, 3.63) is 66.1 Å². The monoisotopic (exact) mass is 392 g/mol. The number of amides is 2. The maximum atomic E-state index is 13.5. The van der Waals surface area contributed by atoms with Crippen LogP contribution in [0.3, 0.4) is 0 Å². The smallest absolute Gasteiger partial charge is 0.319 e. The number of piperidine rings is 1. The van der Waals surface area contributed by atoms with Gasteiger partial charge in [0.1, 0.15) is 5.82 Å². The number of hydrogen-bond donors (Lipinski definition) is 2. The molecule has 0 aliphatic carbocycles. The van der Waals surface area contributed by atoms with E-state index in [0.29, 0.717) is 18.0 Å². The Bertz CT molecular complexity index is 1010. The summed E-state index contributed by atoms with van der Waals surface area (Å²) in [7, 11) is 0. The van der Waals surface area contributed by atoms with Crippen LogP contribution in [0.25, 0.3) is 10.9 Å².